The molecule has 0 heterocycles. The van der Waals surface area contributed by atoms with Gasteiger partial charge in [0.05, 0.1) is 23.9 Å². The highest BCUT2D eigenvalue weighted by Gasteiger charge is 2.09. The molecule has 0 unspecified atom stereocenters. The van der Waals surface area contributed by atoms with Crippen molar-refractivity contribution in [3.05, 3.63) is 78.1 Å². The van der Waals surface area contributed by atoms with Crippen molar-refractivity contribution in [1.82, 2.24) is 5.43 Å². The van der Waals surface area contributed by atoms with E-state index in [0.29, 0.717) is 16.8 Å². The monoisotopic (exact) mass is 327 g/mol. The van der Waals surface area contributed by atoms with Gasteiger partial charge in [0.2, 0.25) is 0 Å². The Bertz CT molecular complexity index is 731. The maximum atomic E-state index is 11.3. The van der Waals surface area contributed by atoms with Gasteiger partial charge in [0.25, 0.3) is 0 Å². The molecule has 24 heavy (non-hydrogen) atoms. The number of rotatable bonds is 6. The molecule has 6 heteroatoms. The minimum Gasteiger partial charge on any atom is -0.507 e. The maximum absolute atomic E-state index is 11.3. The van der Waals surface area contributed by atoms with Crippen molar-refractivity contribution in [2.75, 3.05) is 7.11 Å². The molecule has 0 saturated carbocycles. The van der Waals surface area contributed by atoms with Crippen LogP contribution >= 0.6 is 0 Å². The Morgan fingerprint density at radius 3 is 2.54 bits per heavy atom. The Morgan fingerprint density at radius 1 is 1.33 bits per heavy atom. The Hall–Kier alpha value is -3.12. The predicted molar refractivity (Wildman–Crippen MR) is 95.2 cm³/mol. The van der Waals surface area contributed by atoms with Crippen LogP contribution in [-0.4, -0.2) is 24.0 Å². The molecule has 0 aliphatic carbocycles. The Kier molecular flexibility index (Phi) is 7.19. The summed E-state index contributed by atoms with van der Waals surface area (Å²) in [6.45, 7) is 9.29. The third kappa shape index (κ3) is 4.96. The van der Waals surface area contributed by atoms with Gasteiger partial charge in [-0.05, 0) is 30.7 Å². The number of phenols is 1. The number of hydrazine groups is 1. The number of esters is 1. The van der Waals surface area contributed by atoms with Crippen molar-refractivity contribution in [1.29, 1.82) is 0 Å². The van der Waals surface area contributed by atoms with Crippen LogP contribution in [0.5, 0.6) is 5.75 Å². The van der Waals surface area contributed by atoms with Crippen LogP contribution in [0.3, 0.4) is 0 Å². The van der Waals surface area contributed by atoms with Gasteiger partial charge >= 0.3 is 5.97 Å². The Morgan fingerprint density at radius 2 is 2.00 bits per heavy atom. The maximum Gasteiger partial charge on any atom is 0.337 e. The van der Waals surface area contributed by atoms with E-state index in [9.17, 15) is 9.90 Å². The van der Waals surface area contributed by atoms with Crippen LogP contribution in [0.25, 0.3) is 0 Å². The molecular formula is C18H21N3O3. The van der Waals surface area contributed by atoms with Gasteiger partial charge in [0.15, 0.2) is 5.84 Å². The summed E-state index contributed by atoms with van der Waals surface area (Å²) in [7, 11) is 1.28. The van der Waals surface area contributed by atoms with E-state index in [1.54, 1.807) is 37.3 Å². The number of methoxy groups -OCH3 is 1. The number of nitrogens with zero attached hydrogens (tertiary/aromatic N) is 1. The summed E-state index contributed by atoms with van der Waals surface area (Å²) in [4.78, 5) is 15.6. The number of carbonyl (C=O) groups excluding carboxylic acids is 1. The molecule has 1 aromatic rings. The molecule has 1 aromatic carbocycles. The molecule has 0 aromatic heterocycles. The number of phenolic OH excluding ortho intramolecular Hbond substituents is 1. The number of para-hydroxylation sites is 1. The van der Waals surface area contributed by atoms with Crippen LogP contribution in [0.1, 0.15) is 12.5 Å². The first-order valence-electron chi connectivity index (χ1n) is 7.09. The van der Waals surface area contributed by atoms with Crippen LogP contribution in [-0.2, 0) is 9.53 Å². The van der Waals surface area contributed by atoms with E-state index >= 15 is 0 Å². The van der Waals surface area contributed by atoms with Crippen LogP contribution in [0, 0.1) is 0 Å². The van der Waals surface area contributed by atoms with Gasteiger partial charge in [-0.1, -0.05) is 37.4 Å². The summed E-state index contributed by atoms with van der Waals surface area (Å²) in [5.74, 6) is 5.28. The fourth-order valence-corrected chi connectivity index (χ4v) is 1.79. The number of allylic oxidation sites excluding steroid dienone is 2. The molecule has 126 valence electrons. The predicted octanol–water partition coefficient (Wildman–Crippen LogP) is 2.35. The molecule has 0 radical (unpaired) electrons. The zero-order valence-electron chi connectivity index (χ0n) is 13.7. The van der Waals surface area contributed by atoms with Crippen molar-refractivity contribution in [3.8, 4) is 5.75 Å². The molecule has 6 nitrogen and oxygen atoms in total. The van der Waals surface area contributed by atoms with Crippen LogP contribution in [0.4, 0.5) is 0 Å². The van der Waals surface area contributed by atoms with Gasteiger partial charge in [-0.25, -0.2) is 15.6 Å². The van der Waals surface area contributed by atoms with E-state index in [2.05, 4.69) is 28.3 Å². The van der Waals surface area contributed by atoms with Gasteiger partial charge in [-0.15, -0.1) is 0 Å². The van der Waals surface area contributed by atoms with Crippen molar-refractivity contribution < 1.29 is 14.6 Å². The normalized spacial score (nSPS) is 12.1. The molecule has 1 rings (SSSR count). The SMILES string of the molecule is C=C(/C=C\C(=C/C)C(=C)N=C(NN)c1ccccc1O)C(=O)OC. The highest BCUT2D eigenvalue weighted by molar-refractivity contribution is 6.01. The van der Waals surface area contributed by atoms with Gasteiger partial charge < -0.3 is 15.3 Å². The van der Waals surface area contributed by atoms with Crippen LogP contribution in [0.2, 0.25) is 0 Å². The number of aliphatic imine (C=N–C) groups is 1. The fraction of sp³-hybridized carbons (Fsp3) is 0.111. The van der Waals surface area contributed by atoms with E-state index in [1.165, 1.54) is 19.3 Å². The van der Waals surface area contributed by atoms with E-state index in [4.69, 9.17) is 5.84 Å². The first kappa shape index (κ1) is 18.9. The first-order chi connectivity index (χ1) is 11.4. The van der Waals surface area contributed by atoms with Crippen molar-refractivity contribution in [2.24, 2.45) is 10.8 Å². The largest absolute Gasteiger partial charge is 0.507 e. The minimum atomic E-state index is -0.519. The number of nitrogens with one attached hydrogen (secondary N) is 1. The topological polar surface area (TPSA) is 96.9 Å². The average molecular weight is 327 g/mol. The molecular weight excluding hydrogens is 306 g/mol. The highest BCUT2D eigenvalue weighted by atomic mass is 16.5. The number of amidine groups is 1. The summed E-state index contributed by atoms with van der Waals surface area (Å²) in [6.07, 6.45) is 4.92. The summed E-state index contributed by atoms with van der Waals surface area (Å²) < 4.78 is 4.58. The van der Waals surface area contributed by atoms with E-state index in [-0.39, 0.29) is 17.2 Å². The number of hydrogen-bond acceptors (Lipinski definition) is 5. The Labute approximate surface area is 141 Å². The number of benzene rings is 1. The van der Waals surface area contributed by atoms with E-state index in [0.717, 1.165) is 0 Å². The standard InChI is InChI=1S/C18H21N3O3/c1-5-14(11-10-12(2)18(23)24-4)13(3)20-17(21-19)15-8-6-7-9-16(15)22/h5-11,22H,2-3,19H2,1,4H3,(H,20,21)/b11-10-,14-5+. The molecule has 0 atom stereocenters. The summed E-state index contributed by atoms with van der Waals surface area (Å²) in [6, 6.07) is 6.65. The third-order valence-electron chi connectivity index (χ3n) is 3.10. The quantitative estimate of drug-likeness (QED) is 0.142. The second-order valence-electron chi connectivity index (χ2n) is 4.66. The second-order valence-corrected chi connectivity index (χ2v) is 4.66. The fourth-order valence-electron chi connectivity index (χ4n) is 1.79. The van der Waals surface area contributed by atoms with Crippen molar-refractivity contribution >= 4 is 11.8 Å². The van der Waals surface area contributed by atoms with E-state index in [1.807, 2.05) is 0 Å². The number of ether oxygens (including phenoxy) is 1. The summed E-state index contributed by atoms with van der Waals surface area (Å²) >= 11 is 0. The van der Waals surface area contributed by atoms with Gasteiger partial charge in [-0.2, -0.15) is 0 Å². The summed E-state index contributed by atoms with van der Waals surface area (Å²) in [5, 5.41) is 9.89. The average Bonchev–Trinajstić information content (AvgIpc) is 2.59. The number of hydrogen-bond donors (Lipinski definition) is 3. The Balaban J connectivity index is 3.05. The lowest BCUT2D eigenvalue weighted by Gasteiger charge is -2.09. The molecule has 0 bridgehead atoms. The lowest BCUT2D eigenvalue weighted by molar-refractivity contribution is -0.135. The first-order valence-corrected chi connectivity index (χ1v) is 7.09. The number of nitrogens with two attached hydrogens (primary N) is 1. The van der Waals surface area contributed by atoms with Crippen LogP contribution in [0.15, 0.2) is 77.5 Å². The molecule has 0 spiro atoms. The lowest BCUT2D eigenvalue weighted by Crippen LogP contribution is -2.31. The van der Waals surface area contributed by atoms with E-state index < -0.39 is 5.97 Å². The van der Waals surface area contributed by atoms with Gasteiger partial charge in [0, 0.05) is 0 Å². The summed E-state index contributed by atoms with van der Waals surface area (Å²) in [5.41, 5.74) is 4.14. The zero-order valence-corrected chi connectivity index (χ0v) is 13.7. The molecule has 0 saturated heterocycles. The van der Waals surface area contributed by atoms with Crippen LogP contribution < -0.4 is 11.3 Å². The van der Waals surface area contributed by atoms with Crippen molar-refractivity contribution in [2.45, 2.75) is 6.92 Å². The molecule has 0 fully saturated rings. The van der Waals surface area contributed by atoms with Gasteiger partial charge in [-0.3, -0.25) is 0 Å². The second kappa shape index (κ2) is 9.12. The highest BCUT2D eigenvalue weighted by Crippen LogP contribution is 2.18. The molecule has 0 aliphatic heterocycles. The third-order valence-corrected chi connectivity index (χ3v) is 3.10. The molecule has 0 aliphatic rings. The molecule has 0 amide bonds. The number of carbonyl (C=O) groups is 1. The number of aromatic hydroxyl groups is 1. The van der Waals surface area contributed by atoms with Gasteiger partial charge in [0.1, 0.15) is 5.75 Å². The minimum absolute atomic E-state index is 0.0404. The molecule has 4 N–H and O–H groups in total. The van der Waals surface area contributed by atoms with Crippen molar-refractivity contribution in [3.63, 3.8) is 0 Å². The smallest absolute Gasteiger partial charge is 0.337 e. The zero-order chi connectivity index (χ0) is 18.1. The lowest BCUT2D eigenvalue weighted by atomic mass is 10.1.